The van der Waals surface area contributed by atoms with E-state index >= 15 is 0 Å². The molecule has 0 bridgehead atoms. The number of thiol groups is 1. The van der Waals surface area contributed by atoms with Crippen molar-refractivity contribution in [2.45, 2.75) is 6.61 Å². The molecule has 0 atom stereocenters. The molecular formula is C8H10OS2. The van der Waals surface area contributed by atoms with Gasteiger partial charge in [0.2, 0.25) is 0 Å². The average molecular weight is 186 g/mol. The molecule has 0 aromatic carbocycles. The van der Waals surface area contributed by atoms with Crippen LogP contribution in [-0.4, -0.2) is 10.9 Å². The van der Waals surface area contributed by atoms with Crippen LogP contribution in [0.1, 0.15) is 10.4 Å². The van der Waals surface area contributed by atoms with Gasteiger partial charge in [-0.3, -0.25) is 0 Å². The van der Waals surface area contributed by atoms with E-state index in [9.17, 15) is 0 Å². The highest BCUT2D eigenvalue weighted by molar-refractivity contribution is 7.80. The summed E-state index contributed by atoms with van der Waals surface area (Å²) >= 11 is 5.62. The molecule has 1 nitrogen and oxygen atoms in total. The zero-order chi connectivity index (χ0) is 8.10. The minimum atomic E-state index is 0.138. The van der Waals surface area contributed by atoms with Gasteiger partial charge in [-0.15, -0.1) is 11.3 Å². The molecule has 0 unspecified atom stereocenters. The third kappa shape index (κ3) is 2.69. The van der Waals surface area contributed by atoms with Gasteiger partial charge in [-0.25, -0.2) is 0 Å². The van der Waals surface area contributed by atoms with Crippen LogP contribution in [0.3, 0.4) is 0 Å². The average Bonchev–Trinajstić information content (AvgIpc) is 2.48. The Morgan fingerprint density at radius 1 is 1.64 bits per heavy atom. The van der Waals surface area contributed by atoms with Crippen LogP contribution in [0.2, 0.25) is 0 Å². The molecule has 0 saturated heterocycles. The number of thiophene rings is 1. The molecule has 60 valence electrons. The summed E-state index contributed by atoms with van der Waals surface area (Å²) in [5, 5.41) is 10.8. The van der Waals surface area contributed by atoms with E-state index in [1.165, 1.54) is 0 Å². The third-order valence-electron chi connectivity index (χ3n) is 1.25. The standard InChI is InChI=1S/C8H10OS2/c9-5-8-4-7(6-11-8)2-1-3-10/h1-2,4,6,9-10H,3,5H2. The predicted molar refractivity (Wildman–Crippen MR) is 53.1 cm³/mol. The van der Waals surface area contributed by atoms with Gasteiger partial charge in [-0.05, 0) is 17.0 Å². The van der Waals surface area contributed by atoms with Crippen LogP contribution in [-0.2, 0) is 6.61 Å². The van der Waals surface area contributed by atoms with Gasteiger partial charge in [0.25, 0.3) is 0 Å². The Bertz CT molecular complexity index is 240. The molecule has 1 aromatic rings. The van der Waals surface area contributed by atoms with Gasteiger partial charge in [-0.1, -0.05) is 12.2 Å². The van der Waals surface area contributed by atoms with Crippen molar-refractivity contribution in [1.82, 2.24) is 0 Å². The molecule has 1 aromatic heterocycles. The van der Waals surface area contributed by atoms with E-state index in [0.29, 0.717) is 0 Å². The molecule has 0 aliphatic heterocycles. The second kappa shape index (κ2) is 4.59. The molecule has 0 saturated carbocycles. The number of aliphatic hydroxyl groups is 1. The van der Waals surface area contributed by atoms with Crippen LogP contribution in [0.15, 0.2) is 17.5 Å². The van der Waals surface area contributed by atoms with Crippen molar-refractivity contribution in [3.8, 4) is 0 Å². The molecule has 1 heterocycles. The van der Waals surface area contributed by atoms with Gasteiger partial charge < -0.3 is 5.11 Å². The summed E-state index contributed by atoms with van der Waals surface area (Å²) in [7, 11) is 0. The maximum absolute atomic E-state index is 8.75. The molecule has 3 heteroatoms. The fraction of sp³-hybridized carbons (Fsp3) is 0.250. The highest BCUT2D eigenvalue weighted by atomic mass is 32.1. The fourth-order valence-electron chi connectivity index (χ4n) is 0.757. The highest BCUT2D eigenvalue weighted by Gasteiger charge is 1.93. The first kappa shape index (κ1) is 8.84. The fourth-order valence-corrected chi connectivity index (χ4v) is 1.57. The third-order valence-corrected chi connectivity index (χ3v) is 2.40. The minimum absolute atomic E-state index is 0.138. The van der Waals surface area contributed by atoms with Crippen molar-refractivity contribution in [2.75, 3.05) is 5.75 Å². The molecule has 0 spiro atoms. The molecule has 0 aliphatic rings. The van der Waals surface area contributed by atoms with Crippen LogP contribution >= 0.6 is 24.0 Å². The number of aliphatic hydroxyl groups excluding tert-OH is 1. The van der Waals surface area contributed by atoms with Gasteiger partial charge in [0.05, 0.1) is 6.61 Å². The largest absolute Gasteiger partial charge is 0.391 e. The van der Waals surface area contributed by atoms with E-state index in [-0.39, 0.29) is 6.61 Å². The monoisotopic (exact) mass is 186 g/mol. The first-order valence-corrected chi connectivity index (χ1v) is 4.83. The van der Waals surface area contributed by atoms with Gasteiger partial charge in [0, 0.05) is 10.6 Å². The van der Waals surface area contributed by atoms with Gasteiger partial charge >= 0.3 is 0 Å². The lowest BCUT2D eigenvalue weighted by molar-refractivity contribution is 0.285. The summed E-state index contributed by atoms with van der Waals surface area (Å²) in [6.07, 6.45) is 3.98. The first-order valence-electron chi connectivity index (χ1n) is 3.32. The number of hydrogen-bond acceptors (Lipinski definition) is 3. The Kier molecular flexibility index (Phi) is 3.69. The van der Waals surface area contributed by atoms with Crippen molar-refractivity contribution in [2.24, 2.45) is 0 Å². The Labute approximate surface area is 75.8 Å². The molecule has 11 heavy (non-hydrogen) atoms. The van der Waals surface area contributed by atoms with Crippen molar-refractivity contribution in [3.63, 3.8) is 0 Å². The van der Waals surface area contributed by atoms with Crippen LogP contribution in [0.5, 0.6) is 0 Å². The van der Waals surface area contributed by atoms with Gasteiger partial charge in [-0.2, -0.15) is 12.6 Å². The van der Waals surface area contributed by atoms with Crippen molar-refractivity contribution in [3.05, 3.63) is 28.0 Å². The van der Waals surface area contributed by atoms with Crippen LogP contribution < -0.4 is 0 Å². The Balaban J connectivity index is 2.65. The highest BCUT2D eigenvalue weighted by Crippen LogP contribution is 2.15. The summed E-state index contributed by atoms with van der Waals surface area (Å²) in [5.74, 6) is 0.754. The number of hydrogen-bond donors (Lipinski definition) is 2. The maximum Gasteiger partial charge on any atom is 0.0774 e. The lowest BCUT2D eigenvalue weighted by atomic mass is 10.3. The zero-order valence-electron chi connectivity index (χ0n) is 6.03. The smallest absolute Gasteiger partial charge is 0.0774 e. The Morgan fingerprint density at radius 2 is 2.45 bits per heavy atom. The van der Waals surface area contributed by atoms with Crippen molar-refractivity contribution < 1.29 is 5.11 Å². The second-order valence-electron chi connectivity index (χ2n) is 2.09. The molecular weight excluding hydrogens is 176 g/mol. The predicted octanol–water partition coefficient (Wildman–Crippen LogP) is 2.18. The van der Waals surface area contributed by atoms with Gasteiger partial charge in [0.1, 0.15) is 0 Å². The quantitative estimate of drug-likeness (QED) is 0.693. The summed E-state index contributed by atoms with van der Waals surface area (Å²) in [4.78, 5) is 1.00. The van der Waals surface area contributed by atoms with Crippen molar-refractivity contribution >= 4 is 30.0 Å². The minimum Gasteiger partial charge on any atom is -0.391 e. The van der Waals surface area contributed by atoms with E-state index in [1.54, 1.807) is 11.3 Å². The Morgan fingerprint density at radius 3 is 3.00 bits per heavy atom. The van der Waals surface area contributed by atoms with Crippen molar-refractivity contribution in [1.29, 1.82) is 0 Å². The summed E-state index contributed by atoms with van der Waals surface area (Å²) in [5.41, 5.74) is 1.15. The van der Waals surface area contributed by atoms with Crippen LogP contribution in [0.25, 0.3) is 6.08 Å². The molecule has 1 N–H and O–H groups in total. The normalized spacial score (nSPS) is 11.1. The van der Waals surface area contributed by atoms with Crippen LogP contribution in [0.4, 0.5) is 0 Å². The SMILES string of the molecule is OCc1cc(C=CCS)cs1. The molecule has 0 amide bonds. The summed E-state index contributed by atoms with van der Waals surface area (Å²) in [6, 6.07) is 1.98. The first-order chi connectivity index (χ1) is 5.36. The van der Waals surface area contributed by atoms with E-state index < -0.39 is 0 Å². The molecule has 0 fully saturated rings. The molecule has 0 aliphatic carbocycles. The second-order valence-corrected chi connectivity index (χ2v) is 3.45. The zero-order valence-corrected chi connectivity index (χ0v) is 7.74. The number of rotatable bonds is 3. The van der Waals surface area contributed by atoms with Gasteiger partial charge in [0.15, 0.2) is 0 Å². The van der Waals surface area contributed by atoms with Crippen LogP contribution in [0, 0.1) is 0 Å². The molecule has 0 radical (unpaired) electrons. The lowest BCUT2D eigenvalue weighted by Crippen LogP contribution is -1.71. The van der Waals surface area contributed by atoms with E-state index in [0.717, 1.165) is 16.2 Å². The summed E-state index contributed by atoms with van der Waals surface area (Å²) < 4.78 is 0. The van der Waals surface area contributed by atoms with E-state index in [1.807, 2.05) is 23.6 Å². The lowest BCUT2D eigenvalue weighted by Gasteiger charge is -1.82. The Hall–Kier alpha value is -0.250. The topological polar surface area (TPSA) is 20.2 Å². The summed E-state index contributed by atoms with van der Waals surface area (Å²) in [6.45, 7) is 0.138. The maximum atomic E-state index is 8.75. The molecule has 1 rings (SSSR count). The van der Waals surface area contributed by atoms with E-state index in [2.05, 4.69) is 12.6 Å². The van der Waals surface area contributed by atoms with E-state index in [4.69, 9.17) is 5.11 Å².